The largest absolute Gasteiger partial charge is 0.371 e. The molecule has 2 atom stereocenters. The first kappa shape index (κ1) is 16.1. The first-order chi connectivity index (χ1) is 10.9. The summed E-state index contributed by atoms with van der Waals surface area (Å²) in [6, 6.07) is 10.4. The van der Waals surface area contributed by atoms with Crippen LogP contribution in [0, 0.1) is 0 Å². The Labute approximate surface area is 137 Å². The van der Waals surface area contributed by atoms with E-state index in [-0.39, 0.29) is 17.6 Å². The van der Waals surface area contributed by atoms with Gasteiger partial charge in [-0.05, 0) is 12.5 Å². The lowest BCUT2D eigenvalue weighted by Gasteiger charge is -2.35. The third-order valence-corrected chi connectivity index (χ3v) is 4.29. The van der Waals surface area contributed by atoms with Gasteiger partial charge < -0.3 is 9.26 Å². The number of ether oxygens (including phenoxy) is 1. The van der Waals surface area contributed by atoms with Gasteiger partial charge in [-0.2, -0.15) is 4.98 Å². The Balaban J connectivity index is 1.72. The van der Waals surface area contributed by atoms with Crippen LogP contribution in [0.3, 0.4) is 0 Å². The first-order valence-corrected chi connectivity index (χ1v) is 8.20. The van der Waals surface area contributed by atoms with E-state index in [1.807, 2.05) is 6.07 Å². The molecule has 1 aromatic heterocycles. The molecule has 0 N–H and O–H groups in total. The second-order valence-electron chi connectivity index (χ2n) is 7.15. The molecule has 124 valence electrons. The molecule has 2 heterocycles. The number of hydrogen-bond acceptors (Lipinski definition) is 5. The monoisotopic (exact) mass is 315 g/mol. The molecular weight excluding hydrogens is 290 g/mol. The minimum atomic E-state index is -0.0982. The molecule has 0 saturated carbocycles. The van der Waals surface area contributed by atoms with Crippen LogP contribution in [-0.2, 0) is 10.2 Å². The Morgan fingerprint density at radius 3 is 2.61 bits per heavy atom. The van der Waals surface area contributed by atoms with Gasteiger partial charge in [-0.1, -0.05) is 56.3 Å². The quantitative estimate of drug-likeness (QED) is 0.867. The van der Waals surface area contributed by atoms with Gasteiger partial charge in [0.25, 0.3) is 0 Å². The number of aromatic nitrogens is 2. The summed E-state index contributed by atoms with van der Waals surface area (Å²) in [6.45, 7) is 10.8. The molecule has 0 bridgehead atoms. The van der Waals surface area contributed by atoms with Gasteiger partial charge in [-0.3, -0.25) is 4.90 Å². The number of benzene rings is 1. The highest BCUT2D eigenvalue weighted by Gasteiger charge is 2.30. The zero-order valence-electron chi connectivity index (χ0n) is 14.3. The average Bonchev–Trinajstić information content (AvgIpc) is 3.05. The maximum Gasteiger partial charge on any atom is 0.243 e. The molecule has 1 fully saturated rings. The van der Waals surface area contributed by atoms with E-state index >= 15 is 0 Å². The number of hydrogen-bond donors (Lipinski definition) is 0. The van der Waals surface area contributed by atoms with Gasteiger partial charge in [0.05, 0.1) is 18.8 Å². The normalized spacial score (nSPS) is 21.3. The minimum Gasteiger partial charge on any atom is -0.371 e. The molecule has 1 aromatic carbocycles. The van der Waals surface area contributed by atoms with Gasteiger partial charge in [0.2, 0.25) is 5.89 Å². The first-order valence-electron chi connectivity index (χ1n) is 8.20. The van der Waals surface area contributed by atoms with Crippen LogP contribution in [0.4, 0.5) is 0 Å². The summed E-state index contributed by atoms with van der Waals surface area (Å²) in [5, 5.41) is 4.14. The molecule has 5 nitrogen and oxygen atoms in total. The smallest absolute Gasteiger partial charge is 0.243 e. The van der Waals surface area contributed by atoms with Crippen LogP contribution in [0.25, 0.3) is 0 Å². The van der Waals surface area contributed by atoms with Crippen LogP contribution < -0.4 is 0 Å². The fraction of sp³-hybridized carbons (Fsp3) is 0.556. The highest BCUT2D eigenvalue weighted by Crippen LogP contribution is 2.29. The molecule has 0 spiro atoms. The Hall–Kier alpha value is -1.72. The third kappa shape index (κ3) is 3.62. The summed E-state index contributed by atoms with van der Waals surface area (Å²) in [4.78, 5) is 6.94. The second-order valence-corrected chi connectivity index (χ2v) is 7.15. The van der Waals surface area contributed by atoms with Crippen LogP contribution in [0.5, 0.6) is 0 Å². The van der Waals surface area contributed by atoms with Gasteiger partial charge in [0.1, 0.15) is 0 Å². The highest BCUT2D eigenvalue weighted by atomic mass is 16.5. The molecular formula is C18H25N3O2. The van der Waals surface area contributed by atoms with E-state index in [0.717, 1.165) is 18.9 Å². The van der Waals surface area contributed by atoms with E-state index in [0.29, 0.717) is 12.5 Å². The zero-order valence-corrected chi connectivity index (χ0v) is 14.3. The van der Waals surface area contributed by atoms with E-state index in [1.54, 1.807) is 0 Å². The molecule has 23 heavy (non-hydrogen) atoms. The van der Waals surface area contributed by atoms with Crippen molar-refractivity contribution in [1.29, 1.82) is 0 Å². The Morgan fingerprint density at radius 2 is 1.96 bits per heavy atom. The summed E-state index contributed by atoms with van der Waals surface area (Å²) >= 11 is 0. The fourth-order valence-electron chi connectivity index (χ4n) is 2.76. The number of morpholine rings is 1. The summed E-state index contributed by atoms with van der Waals surface area (Å²) in [6.07, 6.45) is 0.0948. The Morgan fingerprint density at radius 1 is 1.22 bits per heavy atom. The molecule has 1 aliphatic rings. The molecule has 2 unspecified atom stereocenters. The van der Waals surface area contributed by atoms with Gasteiger partial charge in [-0.25, -0.2) is 0 Å². The van der Waals surface area contributed by atoms with Crippen molar-refractivity contribution in [2.45, 2.75) is 45.3 Å². The topological polar surface area (TPSA) is 51.4 Å². The summed E-state index contributed by atoms with van der Waals surface area (Å²) in [5.74, 6) is 1.44. The average molecular weight is 315 g/mol. The molecule has 1 saturated heterocycles. The van der Waals surface area contributed by atoms with Crippen molar-refractivity contribution in [1.82, 2.24) is 15.0 Å². The maximum absolute atomic E-state index is 5.93. The Kier molecular flexibility index (Phi) is 4.50. The van der Waals surface area contributed by atoms with E-state index in [4.69, 9.17) is 9.26 Å². The van der Waals surface area contributed by atoms with Crippen molar-refractivity contribution in [3.8, 4) is 0 Å². The number of nitrogens with zero attached hydrogens (tertiary/aromatic N) is 3. The summed E-state index contributed by atoms with van der Waals surface area (Å²) in [5.41, 5.74) is 1.12. The molecule has 0 amide bonds. The Bertz CT molecular complexity index is 633. The van der Waals surface area contributed by atoms with Crippen molar-refractivity contribution < 1.29 is 9.26 Å². The molecule has 5 heteroatoms. The highest BCUT2D eigenvalue weighted by molar-refractivity contribution is 5.18. The molecule has 0 radical (unpaired) electrons. The molecule has 2 aromatic rings. The van der Waals surface area contributed by atoms with Crippen molar-refractivity contribution >= 4 is 0 Å². The fourth-order valence-corrected chi connectivity index (χ4v) is 2.76. The molecule has 0 aliphatic carbocycles. The van der Waals surface area contributed by atoms with Gasteiger partial charge >= 0.3 is 0 Å². The minimum absolute atomic E-state index is 0.0914. The predicted molar refractivity (Wildman–Crippen MR) is 88.1 cm³/mol. The van der Waals surface area contributed by atoms with E-state index < -0.39 is 0 Å². The lowest BCUT2D eigenvalue weighted by Crippen LogP contribution is -2.40. The van der Waals surface area contributed by atoms with Gasteiger partial charge in [0, 0.05) is 18.5 Å². The van der Waals surface area contributed by atoms with Crippen molar-refractivity contribution in [3.05, 3.63) is 47.6 Å². The lowest BCUT2D eigenvalue weighted by molar-refractivity contribution is -0.0469. The van der Waals surface area contributed by atoms with Crippen LogP contribution in [-0.4, -0.2) is 34.7 Å². The maximum atomic E-state index is 5.93. The molecule has 1 aliphatic heterocycles. The lowest BCUT2D eigenvalue weighted by atomic mass is 9.96. The van der Waals surface area contributed by atoms with Crippen LogP contribution in [0.2, 0.25) is 0 Å². The van der Waals surface area contributed by atoms with Crippen LogP contribution in [0.1, 0.15) is 57.1 Å². The second kappa shape index (κ2) is 6.42. The van der Waals surface area contributed by atoms with E-state index in [1.165, 1.54) is 5.56 Å². The van der Waals surface area contributed by atoms with Gasteiger partial charge in [0.15, 0.2) is 5.82 Å². The standard InChI is InChI=1S/C18H25N3O2/c1-13(16-19-17(20-23-16)18(2,3)4)21-10-11-22-15(12-21)14-8-6-5-7-9-14/h5-9,13,15H,10-12H2,1-4H3. The van der Waals surface area contributed by atoms with Crippen molar-refractivity contribution in [3.63, 3.8) is 0 Å². The van der Waals surface area contributed by atoms with E-state index in [2.05, 4.69) is 67.0 Å². The van der Waals surface area contributed by atoms with Crippen LogP contribution in [0.15, 0.2) is 34.9 Å². The van der Waals surface area contributed by atoms with Crippen molar-refractivity contribution in [2.75, 3.05) is 19.7 Å². The summed E-state index contributed by atoms with van der Waals surface area (Å²) in [7, 11) is 0. The zero-order chi connectivity index (χ0) is 16.4. The van der Waals surface area contributed by atoms with Crippen LogP contribution >= 0.6 is 0 Å². The van der Waals surface area contributed by atoms with Crippen molar-refractivity contribution in [2.24, 2.45) is 0 Å². The summed E-state index contributed by atoms with van der Waals surface area (Å²) < 4.78 is 11.4. The van der Waals surface area contributed by atoms with Gasteiger partial charge in [-0.15, -0.1) is 0 Å². The SMILES string of the molecule is CC(c1nc(C(C)(C)C)no1)N1CCOC(c2ccccc2)C1. The predicted octanol–water partition coefficient (Wildman–Crippen LogP) is 3.50. The van der Waals surface area contributed by atoms with E-state index in [9.17, 15) is 0 Å². The third-order valence-electron chi connectivity index (χ3n) is 4.29. The number of rotatable bonds is 3. The molecule has 3 rings (SSSR count).